The molecule has 4 rings (SSSR count). The summed E-state index contributed by atoms with van der Waals surface area (Å²) < 4.78 is 50.3. The van der Waals surface area contributed by atoms with E-state index in [4.69, 9.17) is 9.47 Å². The summed E-state index contributed by atoms with van der Waals surface area (Å²) in [6, 6.07) is 14.0. The second kappa shape index (κ2) is 7.75. The van der Waals surface area contributed by atoms with Crippen LogP contribution in [0, 0.1) is 0 Å². The standard InChI is InChI=1S/C22H16F3N3O3/c1-30-16-7-3-13(4-8-16)17-11-14-5-10-19(31-2)27-20(14)28(21(17)29)15-6-9-18(26-12-15)22(23,24)25/h3-12H,1-2H3. The molecule has 0 spiro atoms. The first kappa shape index (κ1) is 20.4. The minimum Gasteiger partial charge on any atom is -0.497 e. The van der Waals surface area contributed by atoms with Crippen LogP contribution >= 0.6 is 0 Å². The molecule has 0 radical (unpaired) electrons. The van der Waals surface area contributed by atoms with E-state index < -0.39 is 17.4 Å². The van der Waals surface area contributed by atoms with Crippen LogP contribution in [0.5, 0.6) is 11.6 Å². The van der Waals surface area contributed by atoms with E-state index in [-0.39, 0.29) is 17.2 Å². The third kappa shape index (κ3) is 3.81. The molecule has 0 aliphatic carbocycles. The van der Waals surface area contributed by atoms with Gasteiger partial charge in [0.15, 0.2) is 5.65 Å². The summed E-state index contributed by atoms with van der Waals surface area (Å²) in [4.78, 5) is 21.2. The van der Waals surface area contributed by atoms with Crippen LogP contribution in [0.15, 0.2) is 65.6 Å². The van der Waals surface area contributed by atoms with Gasteiger partial charge in [-0.2, -0.15) is 18.2 Å². The van der Waals surface area contributed by atoms with Gasteiger partial charge in [-0.15, -0.1) is 0 Å². The average Bonchev–Trinajstić information content (AvgIpc) is 2.78. The Kier molecular flexibility index (Phi) is 5.10. The Bertz CT molecular complexity index is 1300. The zero-order valence-corrected chi connectivity index (χ0v) is 16.5. The summed E-state index contributed by atoms with van der Waals surface area (Å²) in [7, 11) is 2.97. The van der Waals surface area contributed by atoms with E-state index in [0.29, 0.717) is 22.3 Å². The molecule has 0 unspecified atom stereocenters. The molecule has 0 saturated carbocycles. The van der Waals surface area contributed by atoms with Gasteiger partial charge in [0.2, 0.25) is 5.88 Å². The van der Waals surface area contributed by atoms with Crippen molar-refractivity contribution < 1.29 is 22.6 Å². The maximum atomic E-state index is 13.4. The lowest BCUT2D eigenvalue weighted by molar-refractivity contribution is -0.141. The summed E-state index contributed by atoms with van der Waals surface area (Å²) in [5.74, 6) is 0.890. The van der Waals surface area contributed by atoms with E-state index in [0.717, 1.165) is 12.3 Å². The Hall–Kier alpha value is -3.88. The van der Waals surface area contributed by atoms with E-state index in [2.05, 4.69) is 9.97 Å². The van der Waals surface area contributed by atoms with Crippen molar-refractivity contribution in [1.29, 1.82) is 0 Å². The lowest BCUT2D eigenvalue weighted by Gasteiger charge is -2.14. The highest BCUT2D eigenvalue weighted by Crippen LogP contribution is 2.29. The highest BCUT2D eigenvalue weighted by molar-refractivity contribution is 5.83. The van der Waals surface area contributed by atoms with Crippen LogP contribution in [-0.4, -0.2) is 28.8 Å². The largest absolute Gasteiger partial charge is 0.497 e. The third-order valence-electron chi connectivity index (χ3n) is 4.73. The van der Waals surface area contributed by atoms with Crippen LogP contribution in [0.1, 0.15) is 5.69 Å². The van der Waals surface area contributed by atoms with Crippen molar-refractivity contribution in [2.24, 2.45) is 0 Å². The predicted octanol–water partition coefficient (Wildman–Crippen LogP) is 4.48. The Morgan fingerprint density at radius 1 is 0.935 bits per heavy atom. The van der Waals surface area contributed by atoms with Gasteiger partial charge >= 0.3 is 6.18 Å². The molecule has 3 aromatic heterocycles. The molecule has 1 aromatic carbocycles. The van der Waals surface area contributed by atoms with Gasteiger partial charge in [-0.3, -0.25) is 9.36 Å². The van der Waals surface area contributed by atoms with Crippen LogP contribution < -0.4 is 15.0 Å². The van der Waals surface area contributed by atoms with Crippen molar-refractivity contribution in [2.75, 3.05) is 14.2 Å². The van der Waals surface area contributed by atoms with E-state index in [9.17, 15) is 18.0 Å². The Morgan fingerprint density at radius 3 is 2.26 bits per heavy atom. The number of ether oxygens (including phenoxy) is 2. The molecule has 0 aliphatic heterocycles. The minimum atomic E-state index is -4.59. The van der Waals surface area contributed by atoms with E-state index in [1.165, 1.54) is 24.9 Å². The quantitative estimate of drug-likeness (QED) is 0.480. The summed E-state index contributed by atoms with van der Waals surface area (Å²) in [5.41, 5.74) is -0.146. The van der Waals surface area contributed by atoms with Gasteiger partial charge in [0, 0.05) is 17.0 Å². The maximum absolute atomic E-state index is 13.4. The molecular weight excluding hydrogens is 411 g/mol. The van der Waals surface area contributed by atoms with Gasteiger partial charge in [0.05, 0.1) is 26.1 Å². The second-order valence-corrected chi connectivity index (χ2v) is 6.59. The number of alkyl halides is 3. The number of aromatic nitrogens is 3. The molecule has 0 fully saturated rings. The number of halogens is 3. The number of hydrogen-bond acceptors (Lipinski definition) is 5. The number of hydrogen-bond donors (Lipinski definition) is 0. The van der Waals surface area contributed by atoms with Crippen molar-refractivity contribution in [3.8, 4) is 28.4 Å². The molecule has 6 nitrogen and oxygen atoms in total. The summed E-state index contributed by atoms with van der Waals surface area (Å²) >= 11 is 0. The summed E-state index contributed by atoms with van der Waals surface area (Å²) in [5, 5.41) is 0.603. The molecule has 31 heavy (non-hydrogen) atoms. The smallest absolute Gasteiger partial charge is 0.433 e. The molecule has 3 heterocycles. The minimum absolute atomic E-state index is 0.152. The number of nitrogens with zero attached hydrogens (tertiary/aromatic N) is 3. The number of pyridine rings is 3. The molecule has 0 aliphatic rings. The van der Waals surface area contributed by atoms with Crippen LogP contribution in [-0.2, 0) is 6.18 Å². The lowest BCUT2D eigenvalue weighted by atomic mass is 10.1. The molecule has 0 N–H and O–H groups in total. The van der Waals surface area contributed by atoms with E-state index in [1.807, 2.05) is 0 Å². The highest BCUT2D eigenvalue weighted by Gasteiger charge is 2.32. The topological polar surface area (TPSA) is 66.2 Å². The first-order valence-electron chi connectivity index (χ1n) is 9.10. The molecular formula is C22H16F3N3O3. The molecule has 0 atom stereocenters. The van der Waals surface area contributed by atoms with Gasteiger partial charge in [-0.25, -0.2) is 4.98 Å². The van der Waals surface area contributed by atoms with Crippen molar-refractivity contribution in [1.82, 2.24) is 14.5 Å². The van der Waals surface area contributed by atoms with E-state index in [1.54, 1.807) is 42.5 Å². The van der Waals surface area contributed by atoms with Crippen LogP contribution in [0.4, 0.5) is 13.2 Å². The number of rotatable bonds is 4. The SMILES string of the molecule is COc1ccc(-c2cc3ccc(OC)nc3n(-c3ccc(C(F)(F)F)nc3)c2=O)cc1. The average molecular weight is 427 g/mol. The first-order chi connectivity index (χ1) is 14.8. The number of methoxy groups -OCH3 is 2. The fourth-order valence-corrected chi connectivity index (χ4v) is 3.18. The van der Waals surface area contributed by atoms with Gasteiger partial charge in [0.25, 0.3) is 5.56 Å². The van der Waals surface area contributed by atoms with Gasteiger partial charge < -0.3 is 9.47 Å². The molecule has 158 valence electrons. The zero-order chi connectivity index (χ0) is 22.2. The van der Waals surface area contributed by atoms with Crippen molar-refractivity contribution in [3.05, 3.63) is 76.8 Å². The second-order valence-electron chi connectivity index (χ2n) is 6.59. The number of fused-ring (bicyclic) bond motifs is 1. The zero-order valence-electron chi connectivity index (χ0n) is 16.5. The van der Waals surface area contributed by atoms with Gasteiger partial charge in [-0.05, 0) is 42.0 Å². The summed E-state index contributed by atoms with van der Waals surface area (Å²) in [6.45, 7) is 0. The molecule has 0 bridgehead atoms. The number of benzene rings is 1. The van der Waals surface area contributed by atoms with Gasteiger partial charge in [0.1, 0.15) is 11.4 Å². The normalized spacial score (nSPS) is 11.5. The molecule has 9 heteroatoms. The first-order valence-corrected chi connectivity index (χ1v) is 9.10. The fourth-order valence-electron chi connectivity index (χ4n) is 3.18. The predicted molar refractivity (Wildman–Crippen MR) is 109 cm³/mol. The Morgan fingerprint density at radius 2 is 1.68 bits per heavy atom. The third-order valence-corrected chi connectivity index (χ3v) is 4.73. The van der Waals surface area contributed by atoms with Crippen LogP contribution in [0.2, 0.25) is 0 Å². The van der Waals surface area contributed by atoms with Crippen LogP contribution in [0.3, 0.4) is 0 Å². The molecule has 0 saturated heterocycles. The highest BCUT2D eigenvalue weighted by atomic mass is 19.4. The summed E-state index contributed by atoms with van der Waals surface area (Å²) in [6.07, 6.45) is -3.58. The maximum Gasteiger partial charge on any atom is 0.433 e. The molecule has 4 aromatic rings. The molecule has 0 amide bonds. The lowest BCUT2D eigenvalue weighted by Crippen LogP contribution is -2.22. The monoisotopic (exact) mass is 427 g/mol. The van der Waals surface area contributed by atoms with Crippen LogP contribution in [0.25, 0.3) is 27.8 Å². The fraction of sp³-hybridized carbons (Fsp3) is 0.136. The van der Waals surface area contributed by atoms with Crippen molar-refractivity contribution >= 4 is 11.0 Å². The van der Waals surface area contributed by atoms with Crippen molar-refractivity contribution in [2.45, 2.75) is 6.18 Å². The Balaban J connectivity index is 1.98. The Labute approximate surface area is 174 Å². The van der Waals surface area contributed by atoms with E-state index >= 15 is 0 Å². The van der Waals surface area contributed by atoms with Gasteiger partial charge in [-0.1, -0.05) is 12.1 Å². The van der Waals surface area contributed by atoms with Crippen molar-refractivity contribution in [3.63, 3.8) is 0 Å².